The minimum atomic E-state index is -4.16. The van der Waals surface area contributed by atoms with Gasteiger partial charge in [-0.1, -0.05) is 19.9 Å². The lowest BCUT2D eigenvalue weighted by atomic mass is 10.0. The molecule has 0 aliphatic rings. The molecule has 142 valence electrons. The SMILES string of the molecule is CCOP(=O)(O)C(CC)(CC)C(=O)OCc1ccc(OC)c(OC)c1. The van der Waals surface area contributed by atoms with Gasteiger partial charge >= 0.3 is 13.6 Å². The molecule has 1 atom stereocenters. The van der Waals surface area contributed by atoms with Crippen molar-refractivity contribution in [3.05, 3.63) is 23.8 Å². The topological polar surface area (TPSA) is 91.3 Å². The molecule has 0 spiro atoms. The van der Waals surface area contributed by atoms with Crippen molar-refractivity contribution < 1.29 is 33.0 Å². The Morgan fingerprint density at radius 3 is 2.20 bits per heavy atom. The number of carbonyl (C=O) groups excluding carboxylic acids is 1. The third-order valence-electron chi connectivity index (χ3n) is 4.21. The van der Waals surface area contributed by atoms with Crippen LogP contribution in [-0.2, 0) is 25.2 Å². The third kappa shape index (κ3) is 4.54. The predicted molar refractivity (Wildman–Crippen MR) is 94.1 cm³/mol. The molecule has 1 aromatic rings. The van der Waals surface area contributed by atoms with Gasteiger partial charge in [-0.25, -0.2) is 0 Å². The normalized spacial score (nSPS) is 13.8. The highest BCUT2D eigenvalue weighted by Crippen LogP contribution is 2.59. The van der Waals surface area contributed by atoms with Crippen molar-refractivity contribution in [3.63, 3.8) is 0 Å². The Balaban J connectivity index is 2.97. The molecule has 0 radical (unpaired) electrons. The highest BCUT2D eigenvalue weighted by molar-refractivity contribution is 7.55. The highest BCUT2D eigenvalue weighted by atomic mass is 31.2. The standard InChI is InChI=1S/C17H27O7P/c1-6-17(7-2,25(19,20)24-8-3)16(18)23-12-13-9-10-14(21-4)15(11-13)22-5/h9-11H,6-8,12H2,1-5H3,(H,19,20). The van der Waals surface area contributed by atoms with Crippen LogP contribution in [0, 0.1) is 0 Å². The van der Waals surface area contributed by atoms with E-state index in [9.17, 15) is 14.3 Å². The number of rotatable bonds is 10. The zero-order valence-electron chi connectivity index (χ0n) is 15.4. The minimum absolute atomic E-state index is 0.0402. The molecule has 0 aliphatic carbocycles. The molecule has 0 aliphatic heterocycles. The summed E-state index contributed by atoms with van der Waals surface area (Å²) in [5, 5.41) is -1.57. The van der Waals surface area contributed by atoms with Crippen LogP contribution in [-0.4, -0.2) is 36.8 Å². The number of carbonyl (C=O) groups is 1. The molecule has 0 saturated carbocycles. The van der Waals surface area contributed by atoms with Gasteiger partial charge < -0.3 is 23.6 Å². The molecule has 0 aromatic heterocycles. The van der Waals surface area contributed by atoms with Gasteiger partial charge in [0.25, 0.3) is 0 Å². The van der Waals surface area contributed by atoms with Crippen molar-refractivity contribution >= 4 is 13.6 Å². The Labute approximate surface area is 148 Å². The Bertz CT molecular complexity index is 625. The maximum Gasteiger partial charge on any atom is 0.345 e. The zero-order chi connectivity index (χ0) is 19.1. The maximum atomic E-state index is 12.6. The first-order valence-electron chi connectivity index (χ1n) is 8.17. The van der Waals surface area contributed by atoms with Crippen molar-refractivity contribution in [1.82, 2.24) is 0 Å². The molecular weight excluding hydrogens is 347 g/mol. The summed E-state index contributed by atoms with van der Waals surface area (Å²) >= 11 is 0. The summed E-state index contributed by atoms with van der Waals surface area (Å²) < 4.78 is 33.2. The van der Waals surface area contributed by atoms with Gasteiger partial charge in [0.05, 0.1) is 20.8 Å². The first kappa shape index (κ1) is 21.5. The predicted octanol–water partition coefficient (Wildman–Crippen LogP) is 3.53. The second-order valence-corrected chi connectivity index (χ2v) is 7.60. The van der Waals surface area contributed by atoms with Crippen molar-refractivity contribution in [2.75, 3.05) is 20.8 Å². The van der Waals surface area contributed by atoms with E-state index >= 15 is 0 Å². The molecule has 0 amide bonds. The molecule has 1 aromatic carbocycles. The second kappa shape index (κ2) is 9.22. The van der Waals surface area contributed by atoms with E-state index in [2.05, 4.69) is 0 Å². The van der Waals surface area contributed by atoms with Crippen LogP contribution in [0.3, 0.4) is 0 Å². The number of methoxy groups -OCH3 is 2. The Morgan fingerprint density at radius 2 is 1.72 bits per heavy atom. The summed E-state index contributed by atoms with van der Waals surface area (Å²) in [6.07, 6.45) is 0.282. The average molecular weight is 374 g/mol. The monoisotopic (exact) mass is 374 g/mol. The van der Waals surface area contributed by atoms with Crippen molar-refractivity contribution in [3.8, 4) is 11.5 Å². The van der Waals surface area contributed by atoms with E-state index in [1.807, 2.05) is 0 Å². The van der Waals surface area contributed by atoms with Crippen molar-refractivity contribution in [2.45, 2.75) is 45.4 Å². The molecular formula is C17H27O7P. The summed E-state index contributed by atoms with van der Waals surface area (Å²) in [6, 6.07) is 5.12. The van der Waals surface area contributed by atoms with Crippen molar-refractivity contribution in [1.29, 1.82) is 0 Å². The fraction of sp³-hybridized carbons (Fsp3) is 0.588. The number of esters is 1. The molecule has 7 nitrogen and oxygen atoms in total. The first-order valence-corrected chi connectivity index (χ1v) is 9.75. The molecule has 1 rings (SSSR count). The van der Waals surface area contributed by atoms with Gasteiger partial charge in [-0.2, -0.15) is 0 Å². The molecule has 1 unspecified atom stereocenters. The lowest BCUT2D eigenvalue weighted by Gasteiger charge is -2.32. The van der Waals surface area contributed by atoms with Crippen LogP contribution in [0.15, 0.2) is 18.2 Å². The lowest BCUT2D eigenvalue weighted by molar-refractivity contribution is -0.149. The van der Waals surface area contributed by atoms with Crippen LogP contribution in [0.25, 0.3) is 0 Å². The van der Waals surface area contributed by atoms with Gasteiger partial charge in [-0.3, -0.25) is 9.36 Å². The average Bonchev–Trinajstić information content (AvgIpc) is 2.60. The van der Waals surface area contributed by atoms with Gasteiger partial charge in [-0.15, -0.1) is 0 Å². The number of ether oxygens (including phenoxy) is 3. The highest BCUT2D eigenvalue weighted by Gasteiger charge is 2.53. The minimum Gasteiger partial charge on any atom is -0.493 e. The van der Waals surface area contributed by atoms with E-state index in [4.69, 9.17) is 18.7 Å². The lowest BCUT2D eigenvalue weighted by Crippen LogP contribution is -2.39. The van der Waals surface area contributed by atoms with Crippen molar-refractivity contribution in [2.24, 2.45) is 0 Å². The maximum absolute atomic E-state index is 12.6. The molecule has 0 fully saturated rings. The van der Waals surface area contributed by atoms with E-state index in [0.717, 1.165) is 0 Å². The van der Waals surface area contributed by atoms with Crippen LogP contribution in [0.1, 0.15) is 39.2 Å². The van der Waals surface area contributed by atoms with Gasteiger partial charge in [-0.05, 0) is 37.5 Å². The van der Waals surface area contributed by atoms with E-state index in [-0.39, 0.29) is 26.1 Å². The summed E-state index contributed by atoms with van der Waals surface area (Å²) in [6.45, 7) is 4.94. The Morgan fingerprint density at radius 1 is 1.12 bits per heavy atom. The summed E-state index contributed by atoms with van der Waals surface area (Å²) in [5.41, 5.74) is 0.677. The van der Waals surface area contributed by atoms with E-state index in [0.29, 0.717) is 17.1 Å². The molecule has 1 N–H and O–H groups in total. The van der Waals surface area contributed by atoms with E-state index < -0.39 is 18.7 Å². The number of hydrogen-bond donors (Lipinski definition) is 1. The smallest absolute Gasteiger partial charge is 0.345 e. The molecule has 8 heteroatoms. The zero-order valence-corrected chi connectivity index (χ0v) is 16.3. The molecule has 0 bridgehead atoms. The fourth-order valence-corrected chi connectivity index (χ4v) is 4.30. The fourth-order valence-electron chi connectivity index (χ4n) is 2.61. The number of benzene rings is 1. The van der Waals surface area contributed by atoms with Gasteiger partial charge in [0.1, 0.15) is 6.61 Å². The molecule has 25 heavy (non-hydrogen) atoms. The third-order valence-corrected chi connectivity index (χ3v) is 6.72. The van der Waals surface area contributed by atoms with Gasteiger partial charge in [0.15, 0.2) is 16.7 Å². The van der Waals surface area contributed by atoms with Gasteiger partial charge in [0, 0.05) is 0 Å². The van der Waals surface area contributed by atoms with Crippen LogP contribution in [0.2, 0.25) is 0 Å². The summed E-state index contributed by atoms with van der Waals surface area (Å²) in [4.78, 5) is 22.8. The van der Waals surface area contributed by atoms with Gasteiger partial charge in [0.2, 0.25) is 0 Å². The second-order valence-electron chi connectivity index (χ2n) is 5.44. The van der Waals surface area contributed by atoms with Crippen LogP contribution >= 0.6 is 7.60 Å². The summed E-state index contributed by atoms with van der Waals surface area (Å²) in [7, 11) is -1.12. The van der Waals surface area contributed by atoms with Crippen LogP contribution in [0.4, 0.5) is 0 Å². The Hall–Kier alpha value is -1.56. The van der Waals surface area contributed by atoms with E-state index in [1.165, 1.54) is 14.2 Å². The van der Waals surface area contributed by atoms with E-state index in [1.54, 1.807) is 39.0 Å². The van der Waals surface area contributed by atoms with Crippen LogP contribution in [0.5, 0.6) is 11.5 Å². The largest absolute Gasteiger partial charge is 0.493 e. The number of hydrogen-bond acceptors (Lipinski definition) is 6. The molecule has 0 saturated heterocycles. The quantitative estimate of drug-likeness (QED) is 0.495. The Kier molecular flexibility index (Phi) is 7.93. The molecule has 0 heterocycles. The first-order chi connectivity index (χ1) is 11.8. The van der Waals surface area contributed by atoms with Crippen LogP contribution < -0.4 is 9.47 Å². The summed E-state index contributed by atoms with van der Waals surface area (Å²) in [5.74, 6) is 0.326.